The molecule has 2 rings (SSSR count). The fraction of sp³-hybridized carbons (Fsp3) is 0.235. The number of ether oxygens (including phenoxy) is 1. The highest BCUT2D eigenvalue weighted by Gasteiger charge is 2.40. The van der Waals surface area contributed by atoms with Crippen molar-refractivity contribution in [1.29, 1.82) is 0 Å². The van der Waals surface area contributed by atoms with Gasteiger partial charge in [0.2, 0.25) is 6.54 Å². The predicted octanol–water partition coefficient (Wildman–Crippen LogP) is 3.24. The van der Waals surface area contributed by atoms with Crippen molar-refractivity contribution in [3.63, 3.8) is 0 Å². The van der Waals surface area contributed by atoms with E-state index in [4.69, 9.17) is 11.3 Å². The second-order valence-electron chi connectivity index (χ2n) is 5.08. The van der Waals surface area contributed by atoms with Crippen molar-refractivity contribution >= 4 is 5.97 Å². The van der Waals surface area contributed by atoms with Gasteiger partial charge in [-0.25, -0.2) is 11.0 Å². The SMILES string of the molecule is [C-]#[N+]CC(C)(C(=O)OC)c1ccnc(-c2ccc(F)cc2)c1. The number of aromatic nitrogens is 1. The van der Waals surface area contributed by atoms with Crippen LogP contribution in [0.3, 0.4) is 0 Å². The molecule has 0 fully saturated rings. The zero-order chi connectivity index (χ0) is 16.2. The van der Waals surface area contributed by atoms with Crippen LogP contribution < -0.4 is 0 Å². The van der Waals surface area contributed by atoms with Crippen molar-refractivity contribution in [1.82, 2.24) is 4.98 Å². The molecule has 1 aromatic carbocycles. The molecule has 0 aliphatic rings. The van der Waals surface area contributed by atoms with Crippen molar-refractivity contribution < 1.29 is 13.9 Å². The summed E-state index contributed by atoms with van der Waals surface area (Å²) in [6.07, 6.45) is 1.57. The van der Waals surface area contributed by atoms with Crippen LogP contribution in [0, 0.1) is 12.4 Å². The number of hydrogen-bond donors (Lipinski definition) is 0. The zero-order valence-corrected chi connectivity index (χ0v) is 12.3. The molecular weight excluding hydrogens is 283 g/mol. The number of rotatable bonds is 4. The Morgan fingerprint density at radius 1 is 1.36 bits per heavy atom. The monoisotopic (exact) mass is 298 g/mol. The molecular formula is C17H15FN2O2. The highest BCUT2D eigenvalue weighted by atomic mass is 19.1. The van der Waals surface area contributed by atoms with Crippen molar-refractivity contribution in [2.24, 2.45) is 0 Å². The summed E-state index contributed by atoms with van der Waals surface area (Å²) >= 11 is 0. The van der Waals surface area contributed by atoms with E-state index in [1.807, 2.05) is 0 Å². The van der Waals surface area contributed by atoms with Gasteiger partial charge in [-0.05, 0) is 48.9 Å². The molecule has 1 unspecified atom stereocenters. The number of benzene rings is 1. The number of halogens is 1. The zero-order valence-electron chi connectivity index (χ0n) is 12.3. The summed E-state index contributed by atoms with van der Waals surface area (Å²) < 4.78 is 17.8. The molecule has 1 heterocycles. The number of hydrogen-bond acceptors (Lipinski definition) is 3. The Morgan fingerprint density at radius 2 is 2.05 bits per heavy atom. The van der Waals surface area contributed by atoms with Gasteiger partial charge in [0.25, 0.3) is 0 Å². The molecule has 0 N–H and O–H groups in total. The topological polar surface area (TPSA) is 43.5 Å². The van der Waals surface area contributed by atoms with E-state index < -0.39 is 11.4 Å². The Bertz CT molecular complexity index is 722. The van der Waals surface area contributed by atoms with Gasteiger partial charge in [0.15, 0.2) is 5.41 Å². The molecule has 0 spiro atoms. The first-order valence-corrected chi connectivity index (χ1v) is 6.65. The third-order valence-corrected chi connectivity index (χ3v) is 3.57. The van der Waals surface area contributed by atoms with Crippen LogP contribution in [0.2, 0.25) is 0 Å². The third kappa shape index (κ3) is 2.96. The third-order valence-electron chi connectivity index (χ3n) is 3.57. The van der Waals surface area contributed by atoms with Gasteiger partial charge in [-0.1, -0.05) is 0 Å². The number of pyridine rings is 1. The Kier molecular flexibility index (Phi) is 4.52. The highest BCUT2D eigenvalue weighted by Crippen LogP contribution is 2.29. The number of carbonyl (C=O) groups excluding carboxylic acids is 1. The molecule has 112 valence electrons. The van der Waals surface area contributed by atoms with Gasteiger partial charge in [0, 0.05) is 11.8 Å². The van der Waals surface area contributed by atoms with Gasteiger partial charge in [0.1, 0.15) is 5.82 Å². The number of nitrogens with zero attached hydrogens (tertiary/aromatic N) is 2. The molecule has 0 saturated heterocycles. The molecule has 0 radical (unpaired) electrons. The van der Waals surface area contributed by atoms with Crippen molar-refractivity contribution in [3.05, 3.63) is 65.4 Å². The first kappa shape index (κ1) is 15.6. The molecule has 0 aliphatic heterocycles. The Labute approximate surface area is 128 Å². The minimum Gasteiger partial charge on any atom is -0.468 e. The molecule has 22 heavy (non-hydrogen) atoms. The van der Waals surface area contributed by atoms with E-state index in [0.29, 0.717) is 11.3 Å². The van der Waals surface area contributed by atoms with Crippen molar-refractivity contribution in [3.8, 4) is 11.3 Å². The molecule has 0 amide bonds. The van der Waals surface area contributed by atoms with E-state index >= 15 is 0 Å². The molecule has 1 aromatic heterocycles. The molecule has 0 bridgehead atoms. The van der Waals surface area contributed by atoms with Crippen molar-refractivity contribution in [2.45, 2.75) is 12.3 Å². The fourth-order valence-electron chi connectivity index (χ4n) is 2.21. The van der Waals surface area contributed by atoms with Crippen LogP contribution in [0.4, 0.5) is 4.39 Å². The van der Waals surface area contributed by atoms with E-state index in [9.17, 15) is 9.18 Å². The molecule has 5 heteroatoms. The van der Waals surface area contributed by atoms with Crippen molar-refractivity contribution in [2.75, 3.05) is 13.7 Å². The standard InChI is InChI=1S/C17H15FN2O2/c1-17(11-19-2,16(21)22-3)13-8-9-20-15(10-13)12-4-6-14(18)7-5-12/h4-10H,11H2,1,3H3. The summed E-state index contributed by atoms with van der Waals surface area (Å²) in [4.78, 5) is 19.7. The lowest BCUT2D eigenvalue weighted by Crippen LogP contribution is -2.36. The Balaban J connectivity index is 2.48. The first-order chi connectivity index (χ1) is 10.5. The summed E-state index contributed by atoms with van der Waals surface area (Å²) in [5.41, 5.74) is 0.925. The van der Waals surface area contributed by atoms with Crippen LogP contribution in [0.25, 0.3) is 16.1 Å². The summed E-state index contributed by atoms with van der Waals surface area (Å²) in [6.45, 7) is 8.72. The average molecular weight is 298 g/mol. The van der Waals surface area contributed by atoms with E-state index in [1.54, 1.807) is 37.4 Å². The predicted molar refractivity (Wildman–Crippen MR) is 80.5 cm³/mol. The summed E-state index contributed by atoms with van der Waals surface area (Å²) in [5, 5.41) is 0. The fourth-order valence-corrected chi connectivity index (χ4v) is 2.21. The number of methoxy groups -OCH3 is 1. The van der Waals surface area contributed by atoms with E-state index in [2.05, 4.69) is 9.83 Å². The van der Waals surface area contributed by atoms with E-state index in [1.165, 1.54) is 19.2 Å². The van der Waals surface area contributed by atoms with Gasteiger partial charge >= 0.3 is 5.97 Å². The summed E-state index contributed by atoms with van der Waals surface area (Å²) in [6, 6.07) is 9.35. The normalized spacial score (nSPS) is 13.0. The van der Waals surface area contributed by atoms with Gasteiger partial charge in [0.05, 0.1) is 12.8 Å². The highest BCUT2D eigenvalue weighted by molar-refractivity contribution is 5.83. The van der Waals surface area contributed by atoms with E-state index in [0.717, 1.165) is 5.56 Å². The Hall–Kier alpha value is -2.74. The molecule has 0 saturated carbocycles. The summed E-state index contributed by atoms with van der Waals surface area (Å²) in [5.74, 6) is -0.799. The maximum absolute atomic E-state index is 13.0. The maximum atomic E-state index is 13.0. The van der Waals surface area contributed by atoms with Crippen LogP contribution in [0.15, 0.2) is 42.6 Å². The largest absolute Gasteiger partial charge is 0.468 e. The molecule has 1 atom stereocenters. The molecule has 0 aliphatic carbocycles. The average Bonchev–Trinajstić information content (AvgIpc) is 2.55. The van der Waals surface area contributed by atoms with Gasteiger partial charge in [-0.3, -0.25) is 9.78 Å². The second-order valence-corrected chi connectivity index (χ2v) is 5.08. The first-order valence-electron chi connectivity index (χ1n) is 6.65. The minimum atomic E-state index is -1.06. The smallest absolute Gasteiger partial charge is 0.323 e. The van der Waals surface area contributed by atoms with Crippen LogP contribution in [0.1, 0.15) is 12.5 Å². The lowest BCUT2D eigenvalue weighted by molar-refractivity contribution is -0.146. The van der Waals surface area contributed by atoms with Crippen LogP contribution in [-0.2, 0) is 14.9 Å². The van der Waals surface area contributed by atoms with Gasteiger partial charge in [-0.15, -0.1) is 0 Å². The quantitative estimate of drug-likeness (QED) is 0.643. The minimum absolute atomic E-state index is 0.0213. The molecule has 2 aromatic rings. The van der Waals surface area contributed by atoms with E-state index in [-0.39, 0.29) is 12.4 Å². The van der Waals surface area contributed by atoms with Gasteiger partial charge < -0.3 is 9.58 Å². The lowest BCUT2D eigenvalue weighted by Gasteiger charge is -2.22. The maximum Gasteiger partial charge on any atom is 0.323 e. The Morgan fingerprint density at radius 3 is 2.64 bits per heavy atom. The molecule has 4 nitrogen and oxygen atoms in total. The van der Waals surface area contributed by atoms with Gasteiger partial charge in [-0.2, -0.15) is 0 Å². The number of esters is 1. The number of carbonyl (C=O) groups is 1. The van der Waals surface area contributed by atoms with Crippen LogP contribution in [-0.4, -0.2) is 24.6 Å². The second kappa shape index (κ2) is 6.35. The van der Waals surface area contributed by atoms with Crippen LogP contribution >= 0.6 is 0 Å². The summed E-state index contributed by atoms with van der Waals surface area (Å²) in [7, 11) is 1.30. The lowest BCUT2D eigenvalue weighted by atomic mass is 9.82. The van der Waals surface area contributed by atoms with Crippen LogP contribution in [0.5, 0.6) is 0 Å².